The Morgan fingerprint density at radius 3 is 2.65 bits per heavy atom. The average Bonchev–Trinajstić information content (AvgIpc) is 3.18. The Morgan fingerprint density at radius 2 is 2.04 bits per heavy atom. The summed E-state index contributed by atoms with van der Waals surface area (Å²) in [7, 11) is -3.68. The lowest BCUT2D eigenvalue weighted by molar-refractivity contribution is 0.0778. The number of nitrogens with zero attached hydrogens (tertiary/aromatic N) is 1. The van der Waals surface area contributed by atoms with Gasteiger partial charge in [0, 0.05) is 19.1 Å². The lowest BCUT2D eigenvalue weighted by atomic mass is 9.90. The molecule has 3 N–H and O–H groups in total. The second kappa shape index (κ2) is 7.96. The number of nitrogens with one attached hydrogen (secondary N) is 1. The molecule has 1 saturated heterocycles. The van der Waals surface area contributed by atoms with E-state index in [0.717, 1.165) is 44.9 Å². The van der Waals surface area contributed by atoms with Gasteiger partial charge in [-0.3, -0.25) is 4.79 Å². The summed E-state index contributed by atoms with van der Waals surface area (Å²) >= 11 is 1.20. The average molecular weight is 400 g/mol. The minimum Gasteiger partial charge on any atom is -0.337 e. The van der Waals surface area contributed by atoms with Crippen molar-refractivity contribution < 1.29 is 13.2 Å². The van der Waals surface area contributed by atoms with E-state index >= 15 is 0 Å². The number of hydrogen-bond acceptors (Lipinski definition) is 5. The molecule has 146 valence electrons. The van der Waals surface area contributed by atoms with Crippen molar-refractivity contribution in [3.05, 3.63) is 16.3 Å². The molecule has 6 nitrogen and oxygen atoms in total. The van der Waals surface area contributed by atoms with Crippen molar-refractivity contribution in [3.63, 3.8) is 0 Å². The predicted octanol–water partition coefficient (Wildman–Crippen LogP) is 2.56. The van der Waals surface area contributed by atoms with Gasteiger partial charge >= 0.3 is 0 Å². The molecule has 2 heterocycles. The number of hydrogen-bond donors (Lipinski definition) is 2. The van der Waals surface area contributed by atoms with Crippen LogP contribution in [0.15, 0.2) is 16.3 Å². The molecule has 1 aliphatic carbocycles. The smallest absolute Gasteiger partial charge is 0.265 e. The van der Waals surface area contributed by atoms with Gasteiger partial charge in [0.2, 0.25) is 10.0 Å². The lowest BCUT2D eigenvalue weighted by Crippen LogP contribution is -2.37. The highest BCUT2D eigenvalue weighted by molar-refractivity contribution is 7.89. The Labute approximate surface area is 160 Å². The minimum absolute atomic E-state index is 0.0299. The number of thiophene rings is 1. The SMILES string of the molecule is CC1(CN)CCN(C(=O)c2sccc2S(=O)(=O)NC2CCCCCC2)C1. The first-order valence-electron chi connectivity index (χ1n) is 9.44. The first-order chi connectivity index (χ1) is 12.3. The Hall–Kier alpha value is -0.960. The number of likely N-dealkylation sites (tertiary alicyclic amines) is 1. The molecule has 1 saturated carbocycles. The molecule has 2 aliphatic rings. The predicted molar refractivity (Wildman–Crippen MR) is 104 cm³/mol. The van der Waals surface area contributed by atoms with Crippen LogP contribution < -0.4 is 10.5 Å². The fraction of sp³-hybridized carbons (Fsp3) is 0.722. The van der Waals surface area contributed by atoms with Gasteiger partial charge in [0.25, 0.3) is 5.91 Å². The Bertz CT molecular complexity index is 739. The van der Waals surface area contributed by atoms with E-state index < -0.39 is 10.0 Å². The van der Waals surface area contributed by atoms with Crippen molar-refractivity contribution in [1.29, 1.82) is 0 Å². The van der Waals surface area contributed by atoms with Crippen LogP contribution in [0, 0.1) is 5.41 Å². The van der Waals surface area contributed by atoms with Crippen LogP contribution in [-0.2, 0) is 10.0 Å². The number of rotatable bonds is 5. The minimum atomic E-state index is -3.68. The van der Waals surface area contributed by atoms with Crippen molar-refractivity contribution in [2.24, 2.45) is 11.1 Å². The molecule has 3 rings (SSSR count). The standard InChI is InChI=1S/C18H29N3O3S2/c1-18(12-19)9-10-21(13-18)17(22)16-15(8-11-25-16)26(23,24)20-14-6-4-2-3-5-7-14/h8,11,14,20H,2-7,9-10,12-13,19H2,1H3. The highest BCUT2D eigenvalue weighted by Gasteiger charge is 2.37. The van der Waals surface area contributed by atoms with E-state index in [4.69, 9.17) is 5.73 Å². The highest BCUT2D eigenvalue weighted by atomic mass is 32.2. The lowest BCUT2D eigenvalue weighted by Gasteiger charge is -2.22. The van der Waals surface area contributed by atoms with Crippen molar-refractivity contribution in [2.75, 3.05) is 19.6 Å². The van der Waals surface area contributed by atoms with Crippen LogP contribution in [0.2, 0.25) is 0 Å². The van der Waals surface area contributed by atoms with Crippen LogP contribution in [0.1, 0.15) is 61.5 Å². The summed E-state index contributed by atoms with van der Waals surface area (Å²) in [6.07, 6.45) is 7.01. The Morgan fingerprint density at radius 1 is 1.35 bits per heavy atom. The van der Waals surface area contributed by atoms with E-state index in [9.17, 15) is 13.2 Å². The zero-order chi connectivity index (χ0) is 18.8. The molecule has 1 aromatic rings. The Kier molecular flexibility index (Phi) is 6.06. The maximum atomic E-state index is 12.9. The van der Waals surface area contributed by atoms with E-state index in [2.05, 4.69) is 11.6 Å². The van der Waals surface area contributed by atoms with Gasteiger partial charge in [0.1, 0.15) is 9.77 Å². The zero-order valence-corrected chi connectivity index (χ0v) is 17.0. The molecule has 26 heavy (non-hydrogen) atoms. The first-order valence-corrected chi connectivity index (χ1v) is 11.8. The van der Waals surface area contributed by atoms with Crippen LogP contribution in [-0.4, -0.2) is 44.9 Å². The second-order valence-electron chi connectivity index (χ2n) is 7.92. The van der Waals surface area contributed by atoms with Crippen molar-refractivity contribution in [1.82, 2.24) is 9.62 Å². The van der Waals surface area contributed by atoms with Gasteiger partial charge in [-0.1, -0.05) is 32.6 Å². The molecular weight excluding hydrogens is 370 g/mol. The van der Waals surface area contributed by atoms with Crippen molar-refractivity contribution in [2.45, 2.75) is 62.8 Å². The third kappa shape index (κ3) is 4.30. The van der Waals surface area contributed by atoms with Crippen molar-refractivity contribution >= 4 is 27.3 Å². The molecular formula is C18H29N3O3S2. The van der Waals surface area contributed by atoms with E-state index in [1.807, 2.05) is 0 Å². The second-order valence-corrected chi connectivity index (χ2v) is 10.5. The van der Waals surface area contributed by atoms with E-state index in [1.54, 1.807) is 16.3 Å². The van der Waals surface area contributed by atoms with Crippen molar-refractivity contribution in [3.8, 4) is 0 Å². The summed E-state index contributed by atoms with van der Waals surface area (Å²) in [6.45, 7) is 3.80. The fourth-order valence-corrected chi connectivity index (χ4v) is 6.55. The van der Waals surface area contributed by atoms with Crippen LogP contribution >= 0.6 is 11.3 Å². The zero-order valence-electron chi connectivity index (χ0n) is 15.4. The highest BCUT2D eigenvalue weighted by Crippen LogP contribution is 2.32. The number of carbonyl (C=O) groups excluding carboxylic acids is 1. The maximum absolute atomic E-state index is 12.9. The quantitative estimate of drug-likeness (QED) is 0.744. The summed E-state index contributed by atoms with van der Waals surface area (Å²) in [6, 6.07) is 1.52. The molecule has 1 aliphatic heterocycles. The van der Waals surface area contributed by atoms with E-state index in [-0.39, 0.29) is 22.3 Å². The third-order valence-corrected chi connectivity index (χ3v) is 8.22. The third-order valence-electron chi connectivity index (χ3n) is 5.63. The summed E-state index contributed by atoms with van der Waals surface area (Å²) in [5, 5.41) is 1.69. The van der Waals surface area contributed by atoms with Gasteiger partial charge in [-0.2, -0.15) is 0 Å². The fourth-order valence-electron chi connectivity index (χ4n) is 3.85. The monoisotopic (exact) mass is 399 g/mol. The normalized spacial score (nSPS) is 25.4. The molecule has 8 heteroatoms. The molecule has 0 spiro atoms. The molecule has 2 fully saturated rings. The summed E-state index contributed by atoms with van der Waals surface area (Å²) in [5.74, 6) is -0.196. The van der Waals surface area contributed by atoms with Gasteiger partial charge in [0.15, 0.2) is 0 Å². The van der Waals surface area contributed by atoms with Crippen LogP contribution in [0.25, 0.3) is 0 Å². The van der Waals surface area contributed by atoms with Crippen LogP contribution in [0.4, 0.5) is 0 Å². The van der Waals surface area contributed by atoms with Gasteiger partial charge in [-0.25, -0.2) is 13.1 Å². The number of carbonyl (C=O) groups is 1. The van der Waals surface area contributed by atoms with Gasteiger partial charge in [-0.15, -0.1) is 11.3 Å². The molecule has 1 aromatic heterocycles. The first kappa shape index (κ1) is 19.8. The molecule has 1 amide bonds. The molecule has 0 aromatic carbocycles. The number of nitrogens with two attached hydrogens (primary N) is 1. The molecule has 0 radical (unpaired) electrons. The van der Waals surface area contributed by atoms with E-state index in [1.165, 1.54) is 11.3 Å². The van der Waals surface area contributed by atoms with Gasteiger partial charge in [-0.05, 0) is 42.7 Å². The summed E-state index contributed by atoms with van der Waals surface area (Å²) in [4.78, 5) is 15.1. The molecule has 1 unspecified atom stereocenters. The summed E-state index contributed by atoms with van der Waals surface area (Å²) in [5.41, 5.74) is 5.75. The topological polar surface area (TPSA) is 92.5 Å². The van der Waals surface area contributed by atoms with Crippen LogP contribution in [0.3, 0.4) is 0 Å². The number of sulfonamides is 1. The molecule has 1 atom stereocenters. The molecule has 0 bridgehead atoms. The Balaban J connectivity index is 1.76. The van der Waals surface area contributed by atoms with E-state index in [0.29, 0.717) is 24.5 Å². The summed E-state index contributed by atoms with van der Waals surface area (Å²) < 4.78 is 28.6. The largest absolute Gasteiger partial charge is 0.337 e. The number of amides is 1. The van der Waals surface area contributed by atoms with Gasteiger partial charge in [0.05, 0.1) is 0 Å². The van der Waals surface area contributed by atoms with Crippen LogP contribution in [0.5, 0.6) is 0 Å². The van der Waals surface area contributed by atoms with Gasteiger partial charge < -0.3 is 10.6 Å². The maximum Gasteiger partial charge on any atom is 0.265 e.